The van der Waals surface area contributed by atoms with Crippen LogP contribution in [0.15, 0.2) is 41.8 Å². The minimum absolute atomic E-state index is 0.175. The fraction of sp³-hybridized carbons (Fsp3) is 0.286. The summed E-state index contributed by atoms with van der Waals surface area (Å²) in [6.07, 6.45) is 1.96. The highest BCUT2D eigenvalue weighted by atomic mass is 32.1. The van der Waals surface area contributed by atoms with Gasteiger partial charge in [-0.2, -0.15) is 0 Å². The Kier molecular flexibility index (Phi) is 5.35. The molecule has 3 heterocycles. The summed E-state index contributed by atoms with van der Waals surface area (Å²) < 4.78 is 17.3. The lowest BCUT2D eigenvalue weighted by Crippen LogP contribution is -2.34. The van der Waals surface area contributed by atoms with Crippen molar-refractivity contribution in [1.29, 1.82) is 0 Å². The maximum atomic E-state index is 12.3. The molecule has 0 spiro atoms. The molecule has 1 aliphatic heterocycles. The highest BCUT2D eigenvalue weighted by molar-refractivity contribution is 7.17. The number of ether oxygens (including phenoxy) is 3. The molecular weight excluding hydrogens is 396 g/mol. The first kappa shape index (κ1) is 19.3. The molecule has 1 saturated heterocycles. The lowest BCUT2D eigenvalue weighted by molar-refractivity contribution is -0.184. The summed E-state index contributed by atoms with van der Waals surface area (Å²) in [6, 6.07) is 11.8. The molecule has 1 aliphatic rings. The van der Waals surface area contributed by atoms with Crippen LogP contribution < -0.4 is 0 Å². The maximum Gasteiger partial charge on any atom is 0.350 e. The zero-order valence-corrected chi connectivity index (χ0v) is 17.1. The van der Waals surface area contributed by atoms with Gasteiger partial charge in [0.1, 0.15) is 11.0 Å². The van der Waals surface area contributed by atoms with E-state index in [2.05, 4.69) is 17.5 Å². The Bertz CT molecular complexity index is 1020. The van der Waals surface area contributed by atoms with E-state index in [1.807, 2.05) is 30.4 Å². The third-order valence-electron chi connectivity index (χ3n) is 4.34. The molecule has 0 amide bonds. The van der Waals surface area contributed by atoms with E-state index in [-0.39, 0.29) is 6.61 Å². The van der Waals surface area contributed by atoms with Crippen molar-refractivity contribution in [3.05, 3.63) is 57.1 Å². The minimum atomic E-state index is -1.37. The molecular formula is C21H20O5S2. The lowest BCUT2D eigenvalue weighted by atomic mass is 10.1. The van der Waals surface area contributed by atoms with Gasteiger partial charge in [0, 0.05) is 9.58 Å². The standard InChI is InChI=1S/C21H20O5S2/c1-21(2)24-11-16(26-21)19(22)25-20(23)18-10-9-14(28-18)8-7-13-12-27-17-6-4-3-5-15(13)17/h3-10,12,16,19,22H,11H2,1-2H3. The van der Waals surface area contributed by atoms with Gasteiger partial charge in [0.2, 0.25) is 6.29 Å². The van der Waals surface area contributed by atoms with Crippen LogP contribution in [0.25, 0.3) is 22.2 Å². The van der Waals surface area contributed by atoms with Gasteiger partial charge < -0.3 is 19.3 Å². The summed E-state index contributed by atoms with van der Waals surface area (Å²) in [5.41, 5.74) is 1.15. The maximum absolute atomic E-state index is 12.3. The number of fused-ring (bicyclic) bond motifs is 1. The molecule has 1 aromatic carbocycles. The van der Waals surface area contributed by atoms with Crippen molar-refractivity contribution in [3.63, 3.8) is 0 Å². The Hall–Kier alpha value is -2.03. The van der Waals surface area contributed by atoms with Crippen LogP contribution in [0.4, 0.5) is 0 Å². The third kappa shape index (κ3) is 4.19. The van der Waals surface area contributed by atoms with Gasteiger partial charge >= 0.3 is 5.97 Å². The van der Waals surface area contributed by atoms with Crippen molar-refractivity contribution in [2.75, 3.05) is 6.61 Å². The van der Waals surface area contributed by atoms with Crippen molar-refractivity contribution in [3.8, 4) is 0 Å². The van der Waals surface area contributed by atoms with E-state index in [0.29, 0.717) is 4.88 Å². The average Bonchev–Trinajstić information content (AvgIpc) is 3.38. The molecule has 1 N–H and O–H groups in total. The van der Waals surface area contributed by atoms with E-state index < -0.39 is 24.2 Å². The van der Waals surface area contributed by atoms with Crippen molar-refractivity contribution in [2.45, 2.75) is 32.0 Å². The van der Waals surface area contributed by atoms with Gasteiger partial charge in [0.05, 0.1) is 6.61 Å². The number of rotatable bonds is 5. The van der Waals surface area contributed by atoms with Crippen LogP contribution in [0.5, 0.6) is 0 Å². The molecule has 2 unspecified atom stereocenters. The van der Waals surface area contributed by atoms with Crippen LogP contribution in [0.3, 0.4) is 0 Å². The number of carbonyl (C=O) groups excluding carboxylic acids is 1. The second-order valence-electron chi connectivity index (χ2n) is 6.89. The number of esters is 1. The number of aliphatic hydroxyl groups is 1. The van der Waals surface area contributed by atoms with Crippen molar-refractivity contribution in [1.82, 2.24) is 0 Å². The zero-order valence-electron chi connectivity index (χ0n) is 15.5. The van der Waals surface area contributed by atoms with Crippen LogP contribution in [0, 0.1) is 0 Å². The third-order valence-corrected chi connectivity index (χ3v) is 6.35. The highest BCUT2D eigenvalue weighted by Crippen LogP contribution is 2.29. The van der Waals surface area contributed by atoms with Crippen molar-refractivity contribution >= 4 is 50.9 Å². The van der Waals surface area contributed by atoms with E-state index in [4.69, 9.17) is 14.2 Å². The van der Waals surface area contributed by atoms with E-state index in [1.165, 1.54) is 21.4 Å². The summed E-state index contributed by atoms with van der Waals surface area (Å²) in [5.74, 6) is -1.36. The zero-order chi connectivity index (χ0) is 19.7. The predicted molar refractivity (Wildman–Crippen MR) is 111 cm³/mol. The number of carbonyl (C=O) groups is 1. The molecule has 5 nitrogen and oxygen atoms in total. The van der Waals surface area contributed by atoms with Crippen LogP contribution in [0.2, 0.25) is 0 Å². The molecule has 3 aromatic rings. The average molecular weight is 417 g/mol. The molecule has 1 fully saturated rings. The number of aliphatic hydroxyl groups excluding tert-OH is 1. The fourth-order valence-electron chi connectivity index (χ4n) is 2.95. The van der Waals surface area contributed by atoms with E-state index >= 15 is 0 Å². The van der Waals surface area contributed by atoms with Gasteiger partial charge in [-0.1, -0.05) is 24.3 Å². The Labute approximate surface area is 170 Å². The number of hydrogen-bond donors (Lipinski definition) is 1. The van der Waals surface area contributed by atoms with Gasteiger partial charge in [0.25, 0.3) is 0 Å². The molecule has 2 atom stereocenters. The normalized spacial score (nSPS) is 20.0. The SMILES string of the molecule is CC1(C)OCC(C(O)OC(=O)c2ccc(C=Cc3csc4ccccc34)s2)O1. The van der Waals surface area contributed by atoms with Gasteiger partial charge in [-0.05, 0) is 54.5 Å². The molecule has 0 aliphatic carbocycles. The van der Waals surface area contributed by atoms with Crippen LogP contribution in [-0.4, -0.2) is 35.9 Å². The molecule has 0 bridgehead atoms. The van der Waals surface area contributed by atoms with E-state index in [0.717, 1.165) is 10.4 Å². The number of hydrogen-bond acceptors (Lipinski definition) is 7. The number of benzene rings is 1. The van der Waals surface area contributed by atoms with Crippen molar-refractivity contribution in [2.24, 2.45) is 0 Å². The summed E-state index contributed by atoms with van der Waals surface area (Å²) in [4.78, 5) is 13.7. The summed E-state index contributed by atoms with van der Waals surface area (Å²) in [5, 5.41) is 13.4. The quantitative estimate of drug-likeness (QED) is 0.480. The smallest absolute Gasteiger partial charge is 0.350 e. The predicted octanol–water partition coefficient (Wildman–Crippen LogP) is 4.76. The Balaban J connectivity index is 1.40. The Morgan fingerprint density at radius 1 is 1.29 bits per heavy atom. The molecule has 146 valence electrons. The Morgan fingerprint density at radius 3 is 2.89 bits per heavy atom. The second kappa shape index (κ2) is 7.77. The lowest BCUT2D eigenvalue weighted by Gasteiger charge is -2.20. The summed E-state index contributed by atoms with van der Waals surface area (Å²) in [6.45, 7) is 3.67. The van der Waals surface area contributed by atoms with Crippen LogP contribution >= 0.6 is 22.7 Å². The number of thiophene rings is 2. The van der Waals surface area contributed by atoms with Gasteiger partial charge in [-0.3, -0.25) is 0 Å². The molecule has 4 rings (SSSR count). The van der Waals surface area contributed by atoms with Gasteiger partial charge in [-0.25, -0.2) is 4.79 Å². The summed E-state index contributed by atoms with van der Waals surface area (Å²) in [7, 11) is 0. The first-order valence-electron chi connectivity index (χ1n) is 8.86. The molecule has 2 aromatic heterocycles. The molecule has 0 saturated carbocycles. The van der Waals surface area contributed by atoms with Crippen LogP contribution in [0.1, 0.15) is 34.0 Å². The largest absolute Gasteiger partial charge is 0.429 e. The first-order chi connectivity index (χ1) is 13.4. The molecule has 0 radical (unpaired) electrons. The molecule has 7 heteroatoms. The topological polar surface area (TPSA) is 65.0 Å². The molecule has 28 heavy (non-hydrogen) atoms. The van der Waals surface area contributed by atoms with Gasteiger partial charge in [0.15, 0.2) is 5.79 Å². The monoisotopic (exact) mass is 416 g/mol. The van der Waals surface area contributed by atoms with Gasteiger partial charge in [-0.15, -0.1) is 22.7 Å². The second-order valence-corrected chi connectivity index (χ2v) is 8.91. The van der Waals surface area contributed by atoms with E-state index in [9.17, 15) is 9.90 Å². The van der Waals surface area contributed by atoms with Crippen LogP contribution in [-0.2, 0) is 14.2 Å². The highest BCUT2D eigenvalue weighted by Gasteiger charge is 2.38. The summed E-state index contributed by atoms with van der Waals surface area (Å²) >= 11 is 3.02. The first-order valence-corrected chi connectivity index (χ1v) is 10.6. The minimum Gasteiger partial charge on any atom is -0.429 e. The fourth-order valence-corrected chi connectivity index (χ4v) is 4.67. The van der Waals surface area contributed by atoms with Crippen molar-refractivity contribution < 1.29 is 24.1 Å². The van der Waals surface area contributed by atoms with E-state index in [1.54, 1.807) is 31.3 Å². The Morgan fingerprint density at radius 2 is 2.11 bits per heavy atom.